The zero-order chi connectivity index (χ0) is 12.3. The van der Waals surface area contributed by atoms with Gasteiger partial charge in [0.25, 0.3) is 12.0 Å². The molecule has 0 bridgehead atoms. The number of hydrogen-bond donors (Lipinski definition) is 3. The molecule has 0 amide bonds. The maximum Gasteiger partial charge on any atom is 0.309 e. The monoisotopic (exact) mass is 232 g/mol. The van der Waals surface area contributed by atoms with E-state index in [0.717, 1.165) is 6.07 Å². The molecule has 0 atom stereocenters. The SMILES string of the molecule is NCc1cc(C(F)F)c(=O)[nH]c1CC(=O)O. The number of H-pyrrole nitrogens is 1. The van der Waals surface area contributed by atoms with Crippen LogP contribution in [0.25, 0.3) is 0 Å². The summed E-state index contributed by atoms with van der Waals surface area (Å²) in [5.74, 6) is -1.17. The highest BCUT2D eigenvalue weighted by Crippen LogP contribution is 2.17. The van der Waals surface area contributed by atoms with E-state index in [-0.39, 0.29) is 17.8 Å². The Morgan fingerprint density at radius 3 is 2.62 bits per heavy atom. The lowest BCUT2D eigenvalue weighted by molar-refractivity contribution is -0.136. The number of carboxylic acid groups (broad SMARTS) is 1. The summed E-state index contributed by atoms with van der Waals surface area (Å²) in [4.78, 5) is 23.7. The van der Waals surface area contributed by atoms with E-state index in [1.165, 1.54) is 0 Å². The third-order valence-corrected chi connectivity index (χ3v) is 2.03. The maximum absolute atomic E-state index is 12.4. The number of aliphatic carboxylic acids is 1. The number of rotatable bonds is 4. The number of pyridine rings is 1. The molecule has 1 heterocycles. The first-order valence-electron chi connectivity index (χ1n) is 4.40. The summed E-state index contributed by atoms with van der Waals surface area (Å²) in [5, 5.41) is 8.55. The zero-order valence-corrected chi connectivity index (χ0v) is 8.17. The number of alkyl halides is 2. The number of carboxylic acids is 1. The van der Waals surface area contributed by atoms with Gasteiger partial charge in [0.2, 0.25) is 0 Å². The van der Waals surface area contributed by atoms with Crippen LogP contribution in [0.1, 0.15) is 23.2 Å². The first kappa shape index (κ1) is 12.3. The predicted octanol–water partition coefficient (Wildman–Crippen LogP) is 0.398. The van der Waals surface area contributed by atoms with Crippen LogP contribution in [0, 0.1) is 0 Å². The van der Waals surface area contributed by atoms with Gasteiger partial charge < -0.3 is 15.8 Å². The average Bonchev–Trinajstić information content (AvgIpc) is 2.16. The second-order valence-electron chi connectivity index (χ2n) is 3.13. The molecule has 0 saturated heterocycles. The van der Waals surface area contributed by atoms with Crippen LogP contribution in [0.5, 0.6) is 0 Å². The second kappa shape index (κ2) is 4.84. The molecule has 0 unspecified atom stereocenters. The van der Waals surface area contributed by atoms with Gasteiger partial charge in [-0.15, -0.1) is 0 Å². The largest absolute Gasteiger partial charge is 0.481 e. The molecule has 0 fully saturated rings. The Kier molecular flexibility index (Phi) is 3.73. The predicted molar refractivity (Wildman–Crippen MR) is 51.3 cm³/mol. The maximum atomic E-state index is 12.4. The van der Waals surface area contributed by atoms with Crippen LogP contribution in [-0.4, -0.2) is 16.1 Å². The minimum absolute atomic E-state index is 0.0596. The highest BCUT2D eigenvalue weighted by molar-refractivity contribution is 5.70. The standard InChI is InChI=1S/C9H10F2N2O3/c10-8(11)5-1-4(3-12)6(2-7(14)15)13-9(5)16/h1,8H,2-3,12H2,(H,13,16)(H,14,15). The van der Waals surface area contributed by atoms with Crippen LogP contribution in [-0.2, 0) is 17.8 Å². The molecule has 1 aromatic heterocycles. The third-order valence-electron chi connectivity index (χ3n) is 2.03. The van der Waals surface area contributed by atoms with Crippen molar-refractivity contribution in [2.24, 2.45) is 5.73 Å². The Bertz CT molecular complexity index is 457. The van der Waals surface area contributed by atoms with Crippen molar-refractivity contribution in [3.8, 4) is 0 Å². The normalized spacial score (nSPS) is 10.8. The number of carbonyl (C=O) groups is 1. The lowest BCUT2D eigenvalue weighted by Crippen LogP contribution is -2.20. The number of nitrogens with one attached hydrogen (secondary N) is 1. The van der Waals surface area contributed by atoms with Gasteiger partial charge in [0.15, 0.2) is 0 Å². The molecule has 4 N–H and O–H groups in total. The van der Waals surface area contributed by atoms with E-state index in [0.29, 0.717) is 0 Å². The second-order valence-corrected chi connectivity index (χ2v) is 3.13. The van der Waals surface area contributed by atoms with Crippen molar-refractivity contribution >= 4 is 5.97 Å². The summed E-state index contributed by atoms with van der Waals surface area (Å²) in [7, 11) is 0. The fraction of sp³-hybridized carbons (Fsp3) is 0.333. The lowest BCUT2D eigenvalue weighted by Gasteiger charge is -2.07. The molecular weight excluding hydrogens is 222 g/mol. The number of aromatic nitrogens is 1. The van der Waals surface area contributed by atoms with Crippen LogP contribution in [0.2, 0.25) is 0 Å². The molecule has 16 heavy (non-hydrogen) atoms. The minimum atomic E-state index is -2.91. The highest BCUT2D eigenvalue weighted by Gasteiger charge is 2.16. The van der Waals surface area contributed by atoms with Crippen LogP contribution in [0.15, 0.2) is 10.9 Å². The number of hydrogen-bond acceptors (Lipinski definition) is 3. The summed E-state index contributed by atoms with van der Waals surface area (Å²) in [6, 6.07) is 0.946. The minimum Gasteiger partial charge on any atom is -0.481 e. The van der Waals surface area contributed by atoms with Gasteiger partial charge in [0.05, 0.1) is 12.0 Å². The van der Waals surface area contributed by atoms with Crippen molar-refractivity contribution in [1.82, 2.24) is 4.98 Å². The molecule has 0 aromatic carbocycles. The van der Waals surface area contributed by atoms with Gasteiger partial charge in [0, 0.05) is 12.2 Å². The molecule has 88 valence electrons. The first-order valence-corrected chi connectivity index (χ1v) is 4.40. The molecule has 7 heteroatoms. The van der Waals surface area contributed by atoms with Crippen LogP contribution in [0.3, 0.4) is 0 Å². The van der Waals surface area contributed by atoms with Crippen LogP contribution >= 0.6 is 0 Å². The molecular formula is C9H10F2N2O3. The lowest BCUT2D eigenvalue weighted by atomic mass is 10.1. The van der Waals surface area contributed by atoms with E-state index in [1.54, 1.807) is 0 Å². The van der Waals surface area contributed by atoms with Crippen molar-refractivity contribution in [3.63, 3.8) is 0 Å². The quantitative estimate of drug-likeness (QED) is 0.700. The smallest absolute Gasteiger partial charge is 0.309 e. The molecule has 5 nitrogen and oxygen atoms in total. The van der Waals surface area contributed by atoms with Crippen molar-refractivity contribution in [2.45, 2.75) is 19.4 Å². The topological polar surface area (TPSA) is 96.2 Å². The van der Waals surface area contributed by atoms with Crippen molar-refractivity contribution in [1.29, 1.82) is 0 Å². The fourth-order valence-corrected chi connectivity index (χ4v) is 1.28. The van der Waals surface area contributed by atoms with Gasteiger partial charge in [-0.2, -0.15) is 0 Å². The average molecular weight is 232 g/mol. The Morgan fingerprint density at radius 2 is 2.19 bits per heavy atom. The molecule has 0 saturated carbocycles. The molecule has 0 aliphatic carbocycles. The summed E-state index contributed by atoms with van der Waals surface area (Å²) in [5.41, 5.74) is 3.87. The molecule has 0 aliphatic heterocycles. The summed E-state index contributed by atoms with van der Waals surface area (Å²) in [6.07, 6.45) is -3.36. The van der Waals surface area contributed by atoms with Crippen LogP contribution < -0.4 is 11.3 Å². The van der Waals surface area contributed by atoms with Gasteiger partial charge in [-0.25, -0.2) is 8.78 Å². The fourth-order valence-electron chi connectivity index (χ4n) is 1.28. The van der Waals surface area contributed by atoms with Gasteiger partial charge >= 0.3 is 5.97 Å². The van der Waals surface area contributed by atoms with E-state index in [4.69, 9.17) is 10.8 Å². The van der Waals surface area contributed by atoms with Gasteiger partial charge in [-0.1, -0.05) is 0 Å². The van der Waals surface area contributed by atoms with Gasteiger partial charge in [0.1, 0.15) is 0 Å². The van der Waals surface area contributed by atoms with Gasteiger partial charge in [-0.05, 0) is 11.6 Å². The van der Waals surface area contributed by atoms with E-state index < -0.39 is 29.9 Å². The molecule has 1 rings (SSSR count). The third kappa shape index (κ3) is 2.63. The highest BCUT2D eigenvalue weighted by atomic mass is 19.3. The van der Waals surface area contributed by atoms with Crippen molar-refractivity contribution in [2.75, 3.05) is 0 Å². The molecule has 0 radical (unpaired) electrons. The van der Waals surface area contributed by atoms with E-state index >= 15 is 0 Å². The van der Waals surface area contributed by atoms with Crippen molar-refractivity contribution < 1.29 is 18.7 Å². The Morgan fingerprint density at radius 1 is 1.56 bits per heavy atom. The van der Waals surface area contributed by atoms with Crippen molar-refractivity contribution in [3.05, 3.63) is 33.2 Å². The summed E-state index contributed by atoms with van der Waals surface area (Å²) in [6.45, 7) is -0.112. The van der Waals surface area contributed by atoms with Crippen LogP contribution in [0.4, 0.5) is 8.78 Å². The summed E-state index contributed by atoms with van der Waals surface area (Å²) < 4.78 is 24.7. The number of nitrogens with two attached hydrogens (primary N) is 1. The van der Waals surface area contributed by atoms with E-state index in [2.05, 4.69) is 4.98 Å². The Labute approximate surface area is 88.9 Å². The Hall–Kier alpha value is -1.76. The molecule has 0 aliphatic rings. The van der Waals surface area contributed by atoms with E-state index in [1.807, 2.05) is 0 Å². The number of halogens is 2. The molecule has 1 aromatic rings. The Balaban J connectivity index is 3.26. The number of aromatic amines is 1. The zero-order valence-electron chi connectivity index (χ0n) is 8.17. The van der Waals surface area contributed by atoms with E-state index in [9.17, 15) is 18.4 Å². The van der Waals surface area contributed by atoms with Gasteiger partial charge in [-0.3, -0.25) is 9.59 Å². The summed E-state index contributed by atoms with van der Waals surface area (Å²) >= 11 is 0. The first-order chi connectivity index (χ1) is 7.45. The molecule has 0 spiro atoms.